The van der Waals surface area contributed by atoms with Gasteiger partial charge in [0.2, 0.25) is 0 Å². The highest BCUT2D eigenvalue weighted by Gasteiger charge is 2.15. The van der Waals surface area contributed by atoms with Gasteiger partial charge in [0.25, 0.3) is 5.91 Å². The maximum Gasteiger partial charge on any atom is 0.256 e. The summed E-state index contributed by atoms with van der Waals surface area (Å²) in [6.45, 7) is 4.08. The molecule has 134 valence electrons. The van der Waals surface area contributed by atoms with Crippen LogP contribution in [-0.4, -0.2) is 10.9 Å². The van der Waals surface area contributed by atoms with Crippen molar-refractivity contribution < 1.29 is 4.79 Å². The summed E-state index contributed by atoms with van der Waals surface area (Å²) < 4.78 is 0.864. The molecule has 0 spiro atoms. The van der Waals surface area contributed by atoms with E-state index in [0.29, 0.717) is 5.56 Å². The molecular formula is C22H17BrN2OS. The molecule has 0 unspecified atom stereocenters. The van der Waals surface area contributed by atoms with Gasteiger partial charge in [-0.3, -0.25) is 4.79 Å². The summed E-state index contributed by atoms with van der Waals surface area (Å²) in [6.07, 6.45) is 0. The third-order valence-electron chi connectivity index (χ3n) is 4.33. The van der Waals surface area contributed by atoms with Gasteiger partial charge in [0.05, 0.1) is 27.3 Å². The van der Waals surface area contributed by atoms with E-state index in [2.05, 4.69) is 40.3 Å². The lowest BCUT2D eigenvalue weighted by molar-refractivity contribution is 0.102. The van der Waals surface area contributed by atoms with Gasteiger partial charge in [-0.2, -0.15) is 0 Å². The molecule has 1 amide bonds. The molecule has 2 heterocycles. The highest BCUT2D eigenvalue weighted by atomic mass is 79.9. The Bertz CT molecular complexity index is 1170. The summed E-state index contributed by atoms with van der Waals surface area (Å²) in [4.78, 5) is 20.1. The first-order chi connectivity index (χ1) is 13.0. The van der Waals surface area contributed by atoms with Gasteiger partial charge in [0.15, 0.2) is 0 Å². The summed E-state index contributed by atoms with van der Waals surface area (Å²) in [6, 6.07) is 19.6. The summed E-state index contributed by atoms with van der Waals surface area (Å²) in [5.41, 5.74) is 4.13. The van der Waals surface area contributed by atoms with E-state index in [9.17, 15) is 4.79 Å². The summed E-state index contributed by atoms with van der Waals surface area (Å²) in [5.74, 6) is -0.146. The molecule has 0 aliphatic carbocycles. The van der Waals surface area contributed by atoms with Crippen molar-refractivity contribution >= 4 is 49.8 Å². The van der Waals surface area contributed by atoms with Gasteiger partial charge in [-0.05, 0) is 71.7 Å². The van der Waals surface area contributed by atoms with E-state index >= 15 is 0 Å². The highest BCUT2D eigenvalue weighted by Crippen LogP contribution is 2.31. The summed E-state index contributed by atoms with van der Waals surface area (Å²) in [5, 5.41) is 3.86. The van der Waals surface area contributed by atoms with E-state index in [1.54, 1.807) is 11.3 Å². The van der Waals surface area contributed by atoms with Crippen molar-refractivity contribution in [1.29, 1.82) is 0 Å². The van der Waals surface area contributed by atoms with Crippen LogP contribution in [-0.2, 0) is 0 Å². The van der Waals surface area contributed by atoms with E-state index in [1.165, 1.54) is 4.88 Å². The fourth-order valence-electron chi connectivity index (χ4n) is 2.97. The smallest absolute Gasteiger partial charge is 0.256 e. The fourth-order valence-corrected chi connectivity index (χ4v) is 4.39. The lowest BCUT2D eigenvalue weighted by Crippen LogP contribution is -2.13. The van der Waals surface area contributed by atoms with E-state index in [1.807, 2.05) is 55.5 Å². The number of hydrogen-bond donors (Lipinski definition) is 1. The normalized spacial score (nSPS) is 10.9. The number of benzene rings is 2. The molecule has 2 aromatic carbocycles. The largest absolute Gasteiger partial charge is 0.321 e. The Morgan fingerprint density at radius 2 is 1.85 bits per heavy atom. The molecule has 0 saturated carbocycles. The Labute approximate surface area is 170 Å². The SMILES string of the molecule is Cc1ccc(NC(=O)c2cc(-c3ccc(C)s3)nc3ccccc23)c(Br)c1. The number of anilines is 1. The third-order valence-corrected chi connectivity index (χ3v) is 6.01. The van der Waals surface area contributed by atoms with Gasteiger partial charge in [-0.1, -0.05) is 24.3 Å². The molecule has 0 fully saturated rings. The number of carbonyl (C=O) groups excluding carboxylic acids is 1. The third kappa shape index (κ3) is 3.66. The van der Waals surface area contributed by atoms with Crippen molar-refractivity contribution in [2.24, 2.45) is 0 Å². The minimum absolute atomic E-state index is 0.146. The number of para-hydroxylation sites is 1. The van der Waals surface area contributed by atoms with Crippen LogP contribution in [0.2, 0.25) is 0 Å². The topological polar surface area (TPSA) is 42.0 Å². The van der Waals surface area contributed by atoms with Crippen LogP contribution >= 0.6 is 27.3 Å². The zero-order valence-electron chi connectivity index (χ0n) is 14.9. The van der Waals surface area contributed by atoms with Gasteiger partial charge in [-0.15, -0.1) is 11.3 Å². The number of halogens is 1. The molecular weight excluding hydrogens is 420 g/mol. The standard InChI is InChI=1S/C22H17BrN2OS/c1-13-7-9-19(17(23)11-13)25-22(26)16-12-20(21-10-8-14(2)27-21)24-18-6-4-3-5-15(16)18/h3-12H,1-2H3,(H,25,26). The minimum Gasteiger partial charge on any atom is -0.321 e. The molecule has 5 heteroatoms. The Kier molecular flexibility index (Phi) is 4.81. The number of fused-ring (bicyclic) bond motifs is 1. The van der Waals surface area contributed by atoms with Gasteiger partial charge >= 0.3 is 0 Å². The molecule has 27 heavy (non-hydrogen) atoms. The highest BCUT2D eigenvalue weighted by molar-refractivity contribution is 9.10. The predicted octanol–water partition coefficient (Wildman–Crippen LogP) is 6.59. The predicted molar refractivity (Wildman–Crippen MR) is 117 cm³/mol. The quantitative estimate of drug-likeness (QED) is 0.393. The van der Waals surface area contributed by atoms with E-state index < -0.39 is 0 Å². The second-order valence-corrected chi connectivity index (χ2v) is 8.56. The Hall–Kier alpha value is -2.50. The molecule has 4 aromatic rings. The van der Waals surface area contributed by atoms with E-state index in [0.717, 1.165) is 37.2 Å². The number of nitrogens with one attached hydrogen (secondary N) is 1. The first-order valence-electron chi connectivity index (χ1n) is 8.55. The monoisotopic (exact) mass is 436 g/mol. The van der Waals surface area contributed by atoms with E-state index in [-0.39, 0.29) is 5.91 Å². The molecule has 0 radical (unpaired) electrons. The number of hydrogen-bond acceptors (Lipinski definition) is 3. The second kappa shape index (κ2) is 7.25. The maximum atomic E-state index is 13.1. The van der Waals surface area contributed by atoms with Crippen LogP contribution in [0.5, 0.6) is 0 Å². The Balaban J connectivity index is 1.80. The number of rotatable bonds is 3. The van der Waals surface area contributed by atoms with Crippen molar-refractivity contribution in [3.8, 4) is 10.6 Å². The van der Waals surface area contributed by atoms with Crippen LogP contribution in [0.15, 0.2) is 65.1 Å². The molecule has 1 N–H and O–H groups in total. The van der Waals surface area contributed by atoms with Gasteiger partial charge in [0, 0.05) is 14.7 Å². The summed E-state index contributed by atoms with van der Waals surface area (Å²) >= 11 is 5.20. The molecule has 2 aromatic heterocycles. The Morgan fingerprint density at radius 3 is 2.59 bits per heavy atom. The van der Waals surface area contributed by atoms with E-state index in [4.69, 9.17) is 4.98 Å². The first-order valence-corrected chi connectivity index (χ1v) is 10.2. The van der Waals surface area contributed by atoms with Crippen molar-refractivity contribution in [1.82, 2.24) is 4.98 Å². The zero-order chi connectivity index (χ0) is 19.0. The lowest BCUT2D eigenvalue weighted by Gasteiger charge is -2.11. The molecule has 0 atom stereocenters. The van der Waals surface area contributed by atoms with Gasteiger partial charge in [0.1, 0.15) is 0 Å². The lowest BCUT2D eigenvalue weighted by atomic mass is 10.1. The van der Waals surface area contributed by atoms with Crippen molar-refractivity contribution in [3.05, 3.63) is 81.1 Å². The van der Waals surface area contributed by atoms with Crippen LogP contribution in [0.25, 0.3) is 21.5 Å². The molecule has 0 saturated heterocycles. The van der Waals surface area contributed by atoms with Gasteiger partial charge < -0.3 is 5.32 Å². The number of carbonyl (C=O) groups is 1. The number of amides is 1. The number of aromatic nitrogens is 1. The molecule has 4 rings (SSSR count). The Morgan fingerprint density at radius 1 is 1.04 bits per heavy atom. The van der Waals surface area contributed by atoms with Crippen LogP contribution in [0, 0.1) is 13.8 Å². The van der Waals surface area contributed by atoms with Crippen molar-refractivity contribution in [3.63, 3.8) is 0 Å². The number of aryl methyl sites for hydroxylation is 2. The molecule has 3 nitrogen and oxygen atoms in total. The molecule has 0 aliphatic rings. The van der Waals surface area contributed by atoms with Gasteiger partial charge in [-0.25, -0.2) is 4.98 Å². The zero-order valence-corrected chi connectivity index (χ0v) is 17.3. The number of nitrogens with zero attached hydrogens (tertiary/aromatic N) is 1. The fraction of sp³-hybridized carbons (Fsp3) is 0.0909. The van der Waals surface area contributed by atoms with Crippen LogP contribution in [0.4, 0.5) is 5.69 Å². The second-order valence-electron chi connectivity index (χ2n) is 6.42. The van der Waals surface area contributed by atoms with Crippen molar-refractivity contribution in [2.75, 3.05) is 5.32 Å². The average molecular weight is 437 g/mol. The average Bonchev–Trinajstić information content (AvgIpc) is 3.09. The summed E-state index contributed by atoms with van der Waals surface area (Å²) in [7, 11) is 0. The van der Waals surface area contributed by atoms with Crippen LogP contribution in [0.3, 0.4) is 0 Å². The van der Waals surface area contributed by atoms with Crippen molar-refractivity contribution in [2.45, 2.75) is 13.8 Å². The first kappa shape index (κ1) is 17.9. The van der Waals surface area contributed by atoms with Crippen LogP contribution in [0.1, 0.15) is 20.8 Å². The number of thiophene rings is 1. The minimum atomic E-state index is -0.146. The number of pyridine rings is 1. The maximum absolute atomic E-state index is 13.1. The molecule has 0 aliphatic heterocycles. The molecule has 0 bridgehead atoms. The van der Waals surface area contributed by atoms with Crippen LogP contribution < -0.4 is 5.32 Å².